The van der Waals surface area contributed by atoms with Crippen LogP contribution in [0.4, 0.5) is 5.82 Å². The van der Waals surface area contributed by atoms with Crippen molar-refractivity contribution in [2.45, 2.75) is 39.0 Å². The van der Waals surface area contributed by atoms with Crippen LogP contribution in [0.2, 0.25) is 0 Å². The van der Waals surface area contributed by atoms with Crippen molar-refractivity contribution in [2.75, 3.05) is 11.9 Å². The van der Waals surface area contributed by atoms with Crippen LogP contribution in [0.3, 0.4) is 0 Å². The standard InChI is InChI=1S/C13H19N3O2/c1-2-13(5-3-4-6-13)9-16-11-8-14-10(7-15-11)12(17)18/h7-8H,2-6,9H2,1H3,(H,15,16)(H,17,18). The number of carboxylic acids is 1. The number of nitrogens with one attached hydrogen (secondary N) is 1. The third-order valence-electron chi connectivity index (χ3n) is 3.93. The average molecular weight is 249 g/mol. The van der Waals surface area contributed by atoms with Crippen LogP contribution >= 0.6 is 0 Å². The minimum absolute atomic E-state index is 0.0216. The molecule has 1 heterocycles. The molecule has 0 saturated heterocycles. The number of nitrogens with zero attached hydrogens (tertiary/aromatic N) is 2. The number of hydrogen-bond donors (Lipinski definition) is 2. The monoisotopic (exact) mass is 249 g/mol. The molecular weight excluding hydrogens is 230 g/mol. The van der Waals surface area contributed by atoms with Gasteiger partial charge < -0.3 is 10.4 Å². The smallest absolute Gasteiger partial charge is 0.356 e. The molecule has 1 saturated carbocycles. The highest BCUT2D eigenvalue weighted by molar-refractivity contribution is 5.84. The lowest BCUT2D eigenvalue weighted by Crippen LogP contribution is -2.26. The zero-order valence-corrected chi connectivity index (χ0v) is 10.6. The third-order valence-corrected chi connectivity index (χ3v) is 3.93. The molecule has 1 aromatic heterocycles. The number of rotatable bonds is 5. The van der Waals surface area contributed by atoms with E-state index in [0.29, 0.717) is 11.2 Å². The molecule has 5 nitrogen and oxygen atoms in total. The van der Waals surface area contributed by atoms with E-state index in [0.717, 1.165) is 6.54 Å². The number of aromatic nitrogens is 2. The normalized spacial score (nSPS) is 17.6. The summed E-state index contributed by atoms with van der Waals surface area (Å²) >= 11 is 0. The molecule has 1 aliphatic carbocycles. The minimum Gasteiger partial charge on any atom is -0.476 e. The Kier molecular flexibility index (Phi) is 3.79. The second kappa shape index (κ2) is 5.33. The predicted octanol–water partition coefficient (Wildman–Crippen LogP) is 2.56. The molecule has 2 N–H and O–H groups in total. The number of anilines is 1. The van der Waals surface area contributed by atoms with E-state index >= 15 is 0 Å². The van der Waals surface area contributed by atoms with Crippen LogP contribution in [0.15, 0.2) is 12.4 Å². The maximum absolute atomic E-state index is 10.7. The Morgan fingerprint density at radius 1 is 1.39 bits per heavy atom. The Bertz CT molecular complexity index is 411. The molecule has 2 rings (SSSR count). The summed E-state index contributed by atoms with van der Waals surface area (Å²) < 4.78 is 0. The Morgan fingerprint density at radius 2 is 2.11 bits per heavy atom. The first kappa shape index (κ1) is 12.8. The van der Waals surface area contributed by atoms with Crippen molar-refractivity contribution < 1.29 is 9.90 Å². The molecule has 0 aromatic carbocycles. The molecular formula is C13H19N3O2. The molecule has 0 unspecified atom stereocenters. The van der Waals surface area contributed by atoms with Gasteiger partial charge in [0.2, 0.25) is 0 Å². The molecule has 98 valence electrons. The number of carbonyl (C=O) groups is 1. The molecule has 0 radical (unpaired) electrons. The molecule has 18 heavy (non-hydrogen) atoms. The fraction of sp³-hybridized carbons (Fsp3) is 0.615. The molecule has 1 fully saturated rings. The highest BCUT2D eigenvalue weighted by Gasteiger charge is 2.31. The van der Waals surface area contributed by atoms with Gasteiger partial charge in [-0.05, 0) is 24.7 Å². The van der Waals surface area contributed by atoms with Gasteiger partial charge in [-0.1, -0.05) is 19.8 Å². The fourth-order valence-corrected chi connectivity index (χ4v) is 2.59. The van der Waals surface area contributed by atoms with Crippen LogP contribution in [-0.2, 0) is 0 Å². The Labute approximate surface area is 107 Å². The van der Waals surface area contributed by atoms with E-state index in [1.807, 2.05) is 0 Å². The Hall–Kier alpha value is -1.65. The summed E-state index contributed by atoms with van der Waals surface area (Å²) in [6.07, 6.45) is 9.08. The molecule has 1 aliphatic rings. The van der Waals surface area contributed by atoms with Gasteiger partial charge in [0.1, 0.15) is 5.82 Å². The molecule has 0 spiro atoms. The van der Waals surface area contributed by atoms with Crippen molar-refractivity contribution in [3.63, 3.8) is 0 Å². The summed E-state index contributed by atoms with van der Waals surface area (Å²) in [7, 11) is 0. The van der Waals surface area contributed by atoms with Gasteiger partial charge in [-0.3, -0.25) is 0 Å². The summed E-state index contributed by atoms with van der Waals surface area (Å²) in [6, 6.07) is 0. The van der Waals surface area contributed by atoms with Crippen molar-refractivity contribution in [1.82, 2.24) is 9.97 Å². The number of aromatic carboxylic acids is 1. The lowest BCUT2D eigenvalue weighted by Gasteiger charge is -2.27. The quantitative estimate of drug-likeness (QED) is 0.838. The first-order valence-corrected chi connectivity index (χ1v) is 6.44. The molecule has 0 amide bonds. The third kappa shape index (κ3) is 2.78. The lowest BCUT2D eigenvalue weighted by molar-refractivity contribution is 0.0690. The molecule has 1 aromatic rings. The first-order valence-electron chi connectivity index (χ1n) is 6.44. The summed E-state index contributed by atoms with van der Waals surface area (Å²) in [6.45, 7) is 3.12. The van der Waals surface area contributed by atoms with Crippen molar-refractivity contribution in [3.05, 3.63) is 18.1 Å². The Balaban J connectivity index is 1.95. The second-order valence-corrected chi connectivity index (χ2v) is 5.01. The van der Waals surface area contributed by atoms with E-state index in [2.05, 4.69) is 22.2 Å². The van der Waals surface area contributed by atoms with Gasteiger partial charge in [-0.2, -0.15) is 0 Å². The van der Waals surface area contributed by atoms with Crippen LogP contribution in [0.5, 0.6) is 0 Å². The van der Waals surface area contributed by atoms with Gasteiger partial charge in [0.25, 0.3) is 0 Å². The topological polar surface area (TPSA) is 75.1 Å². The van der Waals surface area contributed by atoms with Gasteiger partial charge >= 0.3 is 5.97 Å². The highest BCUT2D eigenvalue weighted by Crippen LogP contribution is 2.40. The van der Waals surface area contributed by atoms with E-state index in [1.165, 1.54) is 44.5 Å². The molecule has 0 aliphatic heterocycles. The van der Waals surface area contributed by atoms with E-state index in [4.69, 9.17) is 5.11 Å². The van der Waals surface area contributed by atoms with Crippen molar-refractivity contribution in [3.8, 4) is 0 Å². The lowest BCUT2D eigenvalue weighted by atomic mass is 9.83. The maximum Gasteiger partial charge on any atom is 0.356 e. The fourth-order valence-electron chi connectivity index (χ4n) is 2.59. The summed E-state index contributed by atoms with van der Waals surface area (Å²) in [4.78, 5) is 18.6. The molecule has 0 bridgehead atoms. The van der Waals surface area contributed by atoms with Crippen molar-refractivity contribution in [2.24, 2.45) is 5.41 Å². The van der Waals surface area contributed by atoms with Crippen LogP contribution < -0.4 is 5.32 Å². The van der Waals surface area contributed by atoms with Gasteiger partial charge in [-0.25, -0.2) is 14.8 Å². The number of carboxylic acid groups (broad SMARTS) is 1. The minimum atomic E-state index is -1.05. The number of hydrogen-bond acceptors (Lipinski definition) is 4. The van der Waals surface area contributed by atoms with Crippen LogP contribution in [-0.4, -0.2) is 27.6 Å². The van der Waals surface area contributed by atoms with Gasteiger partial charge in [0.15, 0.2) is 5.69 Å². The van der Waals surface area contributed by atoms with Gasteiger partial charge in [0, 0.05) is 6.54 Å². The average Bonchev–Trinajstić information content (AvgIpc) is 2.86. The summed E-state index contributed by atoms with van der Waals surface area (Å²) in [5.74, 6) is -0.394. The van der Waals surface area contributed by atoms with E-state index in [9.17, 15) is 4.79 Å². The summed E-state index contributed by atoms with van der Waals surface area (Å²) in [5.41, 5.74) is 0.360. The second-order valence-electron chi connectivity index (χ2n) is 5.01. The van der Waals surface area contributed by atoms with Crippen LogP contribution in [0.1, 0.15) is 49.5 Å². The van der Waals surface area contributed by atoms with E-state index < -0.39 is 5.97 Å². The SMILES string of the molecule is CCC1(CNc2cnc(C(=O)O)cn2)CCCC1. The van der Waals surface area contributed by atoms with Crippen LogP contribution in [0.25, 0.3) is 0 Å². The summed E-state index contributed by atoms with van der Waals surface area (Å²) in [5, 5.41) is 12.0. The van der Waals surface area contributed by atoms with E-state index in [1.54, 1.807) is 0 Å². The van der Waals surface area contributed by atoms with Gasteiger partial charge in [0.05, 0.1) is 12.4 Å². The molecule has 5 heteroatoms. The van der Waals surface area contributed by atoms with Crippen LogP contribution in [0, 0.1) is 5.41 Å². The Morgan fingerprint density at radius 3 is 2.61 bits per heavy atom. The van der Waals surface area contributed by atoms with E-state index in [-0.39, 0.29) is 5.69 Å². The highest BCUT2D eigenvalue weighted by atomic mass is 16.4. The van der Waals surface area contributed by atoms with Crippen molar-refractivity contribution >= 4 is 11.8 Å². The largest absolute Gasteiger partial charge is 0.476 e. The van der Waals surface area contributed by atoms with Gasteiger partial charge in [-0.15, -0.1) is 0 Å². The first-order chi connectivity index (χ1) is 8.65. The zero-order valence-electron chi connectivity index (χ0n) is 10.6. The predicted molar refractivity (Wildman–Crippen MR) is 68.7 cm³/mol. The van der Waals surface area contributed by atoms with Crippen molar-refractivity contribution in [1.29, 1.82) is 0 Å². The molecule has 0 atom stereocenters. The zero-order chi connectivity index (χ0) is 13.0. The maximum atomic E-state index is 10.7.